The van der Waals surface area contributed by atoms with E-state index in [0.717, 1.165) is 27.7 Å². The van der Waals surface area contributed by atoms with Crippen LogP contribution >= 0.6 is 0 Å². The molecule has 1 aromatic heterocycles. The number of ether oxygens (including phenoxy) is 1. The Balaban J connectivity index is 1.46. The van der Waals surface area contributed by atoms with Crippen molar-refractivity contribution in [3.63, 3.8) is 0 Å². The Morgan fingerprint density at radius 2 is 1.94 bits per heavy atom. The van der Waals surface area contributed by atoms with Gasteiger partial charge in [-0.15, -0.1) is 0 Å². The molecule has 186 valence electrons. The van der Waals surface area contributed by atoms with Gasteiger partial charge in [0, 0.05) is 72.3 Å². The lowest BCUT2D eigenvalue weighted by Crippen LogP contribution is -2.49. The molecular weight excluding hydrogens is 448 g/mol. The topological polar surface area (TPSA) is 72.4 Å². The van der Waals surface area contributed by atoms with Gasteiger partial charge in [0.15, 0.2) is 5.78 Å². The van der Waals surface area contributed by atoms with E-state index in [0.29, 0.717) is 55.1 Å². The fourth-order valence-corrected chi connectivity index (χ4v) is 5.80. The molecule has 0 atom stereocenters. The molecule has 2 aliphatic heterocycles. The summed E-state index contributed by atoms with van der Waals surface area (Å²) in [4.78, 5) is 20.7. The Labute approximate surface area is 219 Å². The SMILES string of the molecule is [2H]C1([2H])CN(c2cc3c(cc2CC)C(=O)c2c([nH]c4cc(C#N)ccc24)C3(C)C)CC([2H])([2H])C1([2H])N1CCOCC1. The monoisotopic (exact) mass is 487 g/mol. The van der Waals surface area contributed by atoms with E-state index in [1.54, 1.807) is 21.9 Å². The van der Waals surface area contributed by atoms with Gasteiger partial charge in [-0.2, -0.15) is 5.26 Å². The molecular formula is C30H34N4O2. The first-order valence-electron chi connectivity index (χ1n) is 15.1. The molecule has 1 aliphatic carbocycles. The number of aromatic amines is 1. The first-order valence-corrected chi connectivity index (χ1v) is 12.6. The van der Waals surface area contributed by atoms with Crippen LogP contribution < -0.4 is 4.90 Å². The number of carbonyl (C=O) groups is 1. The number of anilines is 1. The summed E-state index contributed by atoms with van der Waals surface area (Å²) in [6.45, 7) is 7.05. The van der Waals surface area contributed by atoms with Crippen LogP contribution in [0.25, 0.3) is 10.9 Å². The number of nitrogens with one attached hydrogen (secondary N) is 1. The average molecular weight is 488 g/mol. The summed E-state index contributed by atoms with van der Waals surface area (Å²) in [7, 11) is 0. The number of morpholine rings is 1. The maximum absolute atomic E-state index is 14.0. The van der Waals surface area contributed by atoms with Crippen molar-refractivity contribution >= 4 is 22.4 Å². The lowest BCUT2D eigenvalue weighted by atomic mass is 9.70. The van der Waals surface area contributed by atoms with E-state index in [2.05, 4.69) is 11.1 Å². The molecule has 3 aromatic rings. The van der Waals surface area contributed by atoms with Crippen LogP contribution in [0.4, 0.5) is 5.69 Å². The third-order valence-electron chi connectivity index (χ3n) is 7.84. The Morgan fingerprint density at radius 3 is 2.64 bits per heavy atom. The van der Waals surface area contributed by atoms with Crippen molar-refractivity contribution in [2.75, 3.05) is 44.3 Å². The number of piperidine rings is 1. The lowest BCUT2D eigenvalue weighted by molar-refractivity contribution is 0.0115. The Hall–Kier alpha value is -3.14. The van der Waals surface area contributed by atoms with Crippen LogP contribution in [0.1, 0.15) is 78.7 Å². The number of ketones is 1. The van der Waals surface area contributed by atoms with Crippen LogP contribution in [0, 0.1) is 11.3 Å². The fourth-order valence-electron chi connectivity index (χ4n) is 5.80. The maximum atomic E-state index is 14.0. The van der Waals surface area contributed by atoms with Crippen LogP contribution in [0.5, 0.6) is 0 Å². The molecule has 2 fully saturated rings. The highest BCUT2D eigenvalue weighted by molar-refractivity contribution is 6.20. The van der Waals surface area contributed by atoms with Crippen LogP contribution in [0.2, 0.25) is 0 Å². The Bertz CT molecular complexity index is 1600. The first-order chi connectivity index (χ1) is 19.3. The number of H-pyrrole nitrogens is 1. The smallest absolute Gasteiger partial charge is 0.195 e. The number of hydrogen-bond donors (Lipinski definition) is 1. The summed E-state index contributed by atoms with van der Waals surface area (Å²) in [6, 6.07) is 9.18. The largest absolute Gasteiger partial charge is 0.379 e. The van der Waals surface area contributed by atoms with Crippen molar-refractivity contribution in [1.82, 2.24) is 9.88 Å². The van der Waals surface area contributed by atoms with Gasteiger partial charge in [0.25, 0.3) is 0 Å². The lowest BCUT2D eigenvalue weighted by Gasteiger charge is -2.42. The van der Waals surface area contributed by atoms with Crippen molar-refractivity contribution in [1.29, 1.82) is 5.26 Å². The minimum atomic E-state index is -2.19. The number of aryl methyl sites for hydroxylation is 1. The van der Waals surface area contributed by atoms with Crippen molar-refractivity contribution in [3.05, 3.63) is 63.8 Å². The van der Waals surface area contributed by atoms with Gasteiger partial charge in [-0.25, -0.2) is 0 Å². The zero-order valence-corrected chi connectivity index (χ0v) is 21.0. The van der Waals surface area contributed by atoms with Gasteiger partial charge in [-0.05, 0) is 54.6 Å². The minimum absolute atomic E-state index is 0.103. The number of aromatic nitrogens is 1. The summed E-state index contributed by atoms with van der Waals surface area (Å²) < 4.78 is 50.6. The van der Waals surface area contributed by atoms with Gasteiger partial charge in [-0.1, -0.05) is 26.8 Å². The summed E-state index contributed by atoms with van der Waals surface area (Å²) in [6.07, 6.45) is -3.82. The van der Waals surface area contributed by atoms with Crippen molar-refractivity contribution in [3.8, 4) is 6.07 Å². The van der Waals surface area contributed by atoms with Gasteiger partial charge < -0.3 is 14.6 Å². The predicted molar refractivity (Wildman–Crippen MR) is 142 cm³/mol. The molecule has 3 aliphatic rings. The molecule has 0 spiro atoms. The zero-order chi connectivity index (χ0) is 29.5. The number of carbonyl (C=O) groups excluding carboxylic acids is 1. The standard InChI is InChI=1S/C30H34N4O2/c1-4-20-16-23-24(17-26(20)34-9-7-21(8-10-34)33-11-13-36-14-12-33)30(2,3)29-27(28(23)35)22-6-5-19(18-31)15-25(22)32-29/h5-6,15-17,21,32H,4,7-14H2,1-3H3/i7D2,8D2,21D. The van der Waals surface area contributed by atoms with Crippen LogP contribution in [0.15, 0.2) is 30.3 Å². The molecule has 0 saturated carbocycles. The summed E-state index contributed by atoms with van der Waals surface area (Å²) >= 11 is 0. The highest BCUT2D eigenvalue weighted by atomic mass is 16.5. The molecule has 6 heteroatoms. The number of nitriles is 1. The van der Waals surface area contributed by atoms with Crippen LogP contribution in [0.3, 0.4) is 0 Å². The highest BCUT2D eigenvalue weighted by Gasteiger charge is 2.40. The van der Waals surface area contributed by atoms with Crippen molar-refractivity contribution in [2.45, 2.75) is 51.4 Å². The van der Waals surface area contributed by atoms with Crippen LogP contribution in [-0.2, 0) is 16.6 Å². The normalized spacial score (nSPS) is 26.0. The second-order valence-electron chi connectivity index (χ2n) is 10.2. The fraction of sp³-hybridized carbons (Fsp3) is 0.467. The quantitative estimate of drug-likeness (QED) is 0.576. The van der Waals surface area contributed by atoms with E-state index in [4.69, 9.17) is 10.2 Å². The highest BCUT2D eigenvalue weighted by Crippen LogP contribution is 2.46. The van der Waals surface area contributed by atoms with Gasteiger partial charge in [0.1, 0.15) is 0 Å². The van der Waals surface area contributed by atoms with Gasteiger partial charge in [-0.3, -0.25) is 9.69 Å². The molecule has 3 heterocycles. The number of rotatable bonds is 3. The third-order valence-corrected chi connectivity index (χ3v) is 7.84. The zero-order valence-electron chi connectivity index (χ0n) is 26.0. The number of benzene rings is 2. The number of nitrogens with zero attached hydrogens (tertiary/aromatic N) is 3. The summed E-state index contributed by atoms with van der Waals surface area (Å²) in [5, 5.41) is 10.2. The van der Waals surface area contributed by atoms with Crippen molar-refractivity contribution in [2.24, 2.45) is 0 Å². The average Bonchev–Trinajstić information content (AvgIpc) is 3.34. The van der Waals surface area contributed by atoms with Crippen LogP contribution in [-0.4, -0.2) is 61.1 Å². The molecule has 0 amide bonds. The molecule has 1 N–H and O–H groups in total. The van der Waals surface area contributed by atoms with E-state index < -0.39 is 24.2 Å². The maximum Gasteiger partial charge on any atom is 0.195 e. The minimum Gasteiger partial charge on any atom is -0.379 e. The van der Waals surface area contributed by atoms with E-state index >= 15 is 0 Å². The number of hydrogen-bond acceptors (Lipinski definition) is 5. The van der Waals surface area contributed by atoms with E-state index in [1.165, 1.54) is 0 Å². The van der Waals surface area contributed by atoms with Gasteiger partial charge in [0.05, 0.1) is 30.4 Å². The van der Waals surface area contributed by atoms with Crippen molar-refractivity contribution < 1.29 is 16.4 Å². The molecule has 2 aromatic carbocycles. The first kappa shape index (κ1) is 18.2. The number of fused-ring (bicyclic) bond motifs is 4. The molecule has 6 nitrogen and oxygen atoms in total. The third kappa shape index (κ3) is 3.56. The van der Waals surface area contributed by atoms with E-state index in [1.807, 2.05) is 39.0 Å². The molecule has 6 rings (SSSR count). The predicted octanol–water partition coefficient (Wildman–Crippen LogP) is 4.77. The molecule has 0 unspecified atom stereocenters. The Morgan fingerprint density at radius 1 is 1.19 bits per heavy atom. The molecule has 2 saturated heterocycles. The molecule has 0 radical (unpaired) electrons. The Kier molecular flexibility index (Phi) is 4.42. The second-order valence-corrected chi connectivity index (χ2v) is 10.2. The summed E-state index contributed by atoms with van der Waals surface area (Å²) in [5.74, 6) is -0.103. The van der Waals surface area contributed by atoms with Gasteiger partial charge in [0.2, 0.25) is 0 Å². The van der Waals surface area contributed by atoms with E-state index in [9.17, 15) is 11.4 Å². The second kappa shape index (κ2) is 8.76. The van der Waals surface area contributed by atoms with E-state index in [-0.39, 0.29) is 18.9 Å². The molecule has 36 heavy (non-hydrogen) atoms. The molecule has 0 bridgehead atoms. The summed E-state index contributed by atoms with van der Waals surface area (Å²) in [5.41, 5.74) is 4.87. The van der Waals surface area contributed by atoms with Gasteiger partial charge >= 0.3 is 0 Å².